The van der Waals surface area contributed by atoms with E-state index in [0.717, 1.165) is 12.8 Å². The first-order valence-corrected chi connectivity index (χ1v) is 9.11. The molecule has 0 amide bonds. The van der Waals surface area contributed by atoms with Gasteiger partial charge in [-0.15, -0.1) is 0 Å². The van der Waals surface area contributed by atoms with Crippen LogP contribution in [0.4, 0.5) is 0 Å². The number of hydrogen-bond acceptors (Lipinski definition) is 2. The van der Waals surface area contributed by atoms with Crippen LogP contribution >= 0.6 is 0 Å². The number of ether oxygens (including phenoxy) is 1. The van der Waals surface area contributed by atoms with Gasteiger partial charge in [0.2, 0.25) is 0 Å². The second-order valence-electron chi connectivity index (χ2n) is 6.47. The second kappa shape index (κ2) is 12.0. The smallest absolute Gasteiger partial charge is 0.303 e. The number of hydrogen-bond donors (Lipinski definition) is 1. The van der Waals surface area contributed by atoms with E-state index in [2.05, 4.69) is 6.92 Å². The number of carboxylic acid groups (broad SMARTS) is 1. The summed E-state index contributed by atoms with van der Waals surface area (Å²) in [6.07, 6.45) is 17.7. The number of rotatable bonds is 15. The average Bonchev–Trinajstić information content (AvgIpc) is 3.19. The van der Waals surface area contributed by atoms with Gasteiger partial charge >= 0.3 is 5.97 Å². The summed E-state index contributed by atoms with van der Waals surface area (Å²) in [7, 11) is 0. The van der Waals surface area contributed by atoms with Crippen molar-refractivity contribution in [3.8, 4) is 0 Å². The average molecular weight is 298 g/mol. The minimum absolute atomic E-state index is 0.334. The van der Waals surface area contributed by atoms with E-state index in [9.17, 15) is 4.79 Å². The Hall–Kier alpha value is -0.570. The lowest BCUT2D eigenvalue weighted by Crippen LogP contribution is -1.94. The fraction of sp³-hybridized carbons (Fsp3) is 0.944. The van der Waals surface area contributed by atoms with Crippen LogP contribution < -0.4 is 0 Å². The Bertz CT molecular complexity index is 265. The molecule has 0 unspecified atom stereocenters. The highest BCUT2D eigenvalue weighted by Gasteiger charge is 2.36. The van der Waals surface area contributed by atoms with Crippen molar-refractivity contribution in [2.24, 2.45) is 0 Å². The molecule has 0 spiro atoms. The summed E-state index contributed by atoms with van der Waals surface area (Å²) in [5.74, 6) is -0.662. The van der Waals surface area contributed by atoms with Gasteiger partial charge in [-0.1, -0.05) is 71.1 Å². The van der Waals surface area contributed by atoms with Crippen LogP contribution in [0.15, 0.2) is 0 Å². The summed E-state index contributed by atoms with van der Waals surface area (Å²) in [5.41, 5.74) is 0. The molecule has 3 heteroatoms. The number of aliphatic carboxylic acids is 1. The lowest BCUT2D eigenvalue weighted by Gasteiger charge is -2.01. The van der Waals surface area contributed by atoms with Crippen LogP contribution in [0, 0.1) is 0 Å². The van der Waals surface area contributed by atoms with Crippen molar-refractivity contribution >= 4 is 5.97 Å². The number of epoxide rings is 1. The summed E-state index contributed by atoms with van der Waals surface area (Å²) in [5, 5.41) is 8.53. The SMILES string of the molecule is CCCCC[C@@H]1O[C@@H]1CCCCCCCCCCC(=O)O. The molecule has 0 bridgehead atoms. The first kappa shape index (κ1) is 18.5. The Morgan fingerprint density at radius 3 is 1.81 bits per heavy atom. The molecule has 1 fully saturated rings. The molecule has 21 heavy (non-hydrogen) atoms. The number of carboxylic acids is 1. The molecular weight excluding hydrogens is 264 g/mol. The third-order valence-corrected chi connectivity index (χ3v) is 4.41. The van der Waals surface area contributed by atoms with Gasteiger partial charge in [0.1, 0.15) is 0 Å². The van der Waals surface area contributed by atoms with Crippen molar-refractivity contribution in [2.75, 3.05) is 0 Å². The normalized spacial score (nSPS) is 20.6. The van der Waals surface area contributed by atoms with Crippen molar-refractivity contribution in [2.45, 2.75) is 109 Å². The van der Waals surface area contributed by atoms with Crippen LogP contribution in [0.1, 0.15) is 96.8 Å². The number of carbonyl (C=O) groups is 1. The highest BCUT2D eigenvalue weighted by atomic mass is 16.6. The highest BCUT2D eigenvalue weighted by Crippen LogP contribution is 2.31. The van der Waals surface area contributed by atoms with Gasteiger partial charge < -0.3 is 9.84 Å². The van der Waals surface area contributed by atoms with Crippen molar-refractivity contribution in [1.29, 1.82) is 0 Å². The standard InChI is InChI=1S/C18H34O3/c1-2-3-10-13-16-17(21-16)14-11-8-6-4-5-7-9-12-15-18(19)20/h16-17H,2-15H2,1H3,(H,19,20)/t16-,17+/m0/s1. The van der Waals surface area contributed by atoms with Crippen LogP contribution in [0.25, 0.3) is 0 Å². The maximum atomic E-state index is 10.4. The Balaban J connectivity index is 1.73. The van der Waals surface area contributed by atoms with Crippen LogP contribution in [-0.2, 0) is 9.53 Å². The zero-order valence-corrected chi connectivity index (χ0v) is 13.8. The molecule has 3 nitrogen and oxygen atoms in total. The predicted molar refractivity (Wildman–Crippen MR) is 86.6 cm³/mol. The van der Waals surface area contributed by atoms with Crippen LogP contribution in [0.3, 0.4) is 0 Å². The molecule has 1 heterocycles. The van der Waals surface area contributed by atoms with E-state index >= 15 is 0 Å². The maximum absolute atomic E-state index is 10.4. The molecule has 0 aromatic heterocycles. The summed E-state index contributed by atoms with van der Waals surface area (Å²) in [6, 6.07) is 0. The van der Waals surface area contributed by atoms with E-state index < -0.39 is 5.97 Å². The number of unbranched alkanes of at least 4 members (excludes halogenated alkanes) is 9. The Kier molecular flexibility index (Phi) is 10.6. The molecule has 1 rings (SSSR count). The van der Waals surface area contributed by atoms with E-state index in [1.807, 2.05) is 0 Å². The van der Waals surface area contributed by atoms with Crippen molar-refractivity contribution < 1.29 is 14.6 Å². The van der Waals surface area contributed by atoms with Crippen molar-refractivity contribution in [3.05, 3.63) is 0 Å². The molecule has 1 saturated heterocycles. The fourth-order valence-corrected chi connectivity index (χ4v) is 2.96. The van der Waals surface area contributed by atoms with E-state index in [-0.39, 0.29) is 0 Å². The summed E-state index contributed by atoms with van der Waals surface area (Å²) in [6.45, 7) is 2.25. The third-order valence-electron chi connectivity index (χ3n) is 4.41. The van der Waals surface area contributed by atoms with Gasteiger partial charge in [0, 0.05) is 6.42 Å². The highest BCUT2D eigenvalue weighted by molar-refractivity contribution is 5.66. The molecule has 0 aliphatic carbocycles. The molecule has 2 atom stereocenters. The Morgan fingerprint density at radius 2 is 1.29 bits per heavy atom. The van der Waals surface area contributed by atoms with E-state index in [4.69, 9.17) is 9.84 Å². The third kappa shape index (κ3) is 10.8. The monoisotopic (exact) mass is 298 g/mol. The lowest BCUT2D eigenvalue weighted by atomic mass is 10.0. The van der Waals surface area contributed by atoms with Gasteiger partial charge in [-0.05, 0) is 19.3 Å². The van der Waals surface area contributed by atoms with E-state index in [1.54, 1.807) is 0 Å². The molecule has 0 aromatic rings. The quantitative estimate of drug-likeness (QED) is 0.329. The first-order valence-electron chi connectivity index (χ1n) is 9.11. The topological polar surface area (TPSA) is 49.8 Å². The van der Waals surface area contributed by atoms with Crippen LogP contribution in [0.5, 0.6) is 0 Å². The largest absolute Gasteiger partial charge is 0.481 e. The summed E-state index contributed by atoms with van der Waals surface area (Å²) < 4.78 is 5.71. The van der Waals surface area contributed by atoms with E-state index in [1.165, 1.54) is 70.6 Å². The molecule has 1 aliphatic heterocycles. The molecule has 0 aromatic carbocycles. The van der Waals surface area contributed by atoms with Crippen LogP contribution in [0.2, 0.25) is 0 Å². The van der Waals surface area contributed by atoms with Gasteiger partial charge in [0.15, 0.2) is 0 Å². The summed E-state index contributed by atoms with van der Waals surface area (Å²) in [4.78, 5) is 10.4. The zero-order valence-electron chi connectivity index (χ0n) is 13.8. The Labute approximate surface area is 130 Å². The second-order valence-corrected chi connectivity index (χ2v) is 6.47. The van der Waals surface area contributed by atoms with Gasteiger partial charge in [-0.25, -0.2) is 0 Å². The lowest BCUT2D eigenvalue weighted by molar-refractivity contribution is -0.137. The van der Waals surface area contributed by atoms with Crippen LogP contribution in [-0.4, -0.2) is 23.3 Å². The molecule has 1 N–H and O–H groups in total. The molecule has 1 aliphatic rings. The van der Waals surface area contributed by atoms with Crippen molar-refractivity contribution in [3.63, 3.8) is 0 Å². The van der Waals surface area contributed by atoms with E-state index in [0.29, 0.717) is 18.6 Å². The van der Waals surface area contributed by atoms with Gasteiger partial charge in [-0.2, -0.15) is 0 Å². The fourth-order valence-electron chi connectivity index (χ4n) is 2.96. The van der Waals surface area contributed by atoms with Crippen molar-refractivity contribution in [1.82, 2.24) is 0 Å². The predicted octanol–water partition coefficient (Wildman–Crippen LogP) is 5.32. The molecular formula is C18H34O3. The minimum atomic E-state index is -0.662. The Morgan fingerprint density at radius 1 is 0.810 bits per heavy atom. The minimum Gasteiger partial charge on any atom is -0.481 e. The molecule has 124 valence electrons. The van der Waals surface area contributed by atoms with Gasteiger partial charge in [0.25, 0.3) is 0 Å². The maximum Gasteiger partial charge on any atom is 0.303 e. The molecule has 0 saturated carbocycles. The van der Waals surface area contributed by atoms with Gasteiger partial charge in [0.05, 0.1) is 12.2 Å². The van der Waals surface area contributed by atoms with Gasteiger partial charge in [-0.3, -0.25) is 4.79 Å². The first-order chi connectivity index (χ1) is 10.2. The summed E-state index contributed by atoms with van der Waals surface area (Å²) >= 11 is 0. The molecule has 0 radical (unpaired) electrons. The zero-order chi connectivity index (χ0) is 15.3.